The summed E-state index contributed by atoms with van der Waals surface area (Å²) < 4.78 is 1.95. The van der Waals surface area contributed by atoms with Crippen LogP contribution in [0.1, 0.15) is 26.3 Å². The molecule has 3 nitrogen and oxygen atoms in total. The highest BCUT2D eigenvalue weighted by Crippen LogP contribution is 2.28. The van der Waals surface area contributed by atoms with Crippen molar-refractivity contribution in [2.45, 2.75) is 26.2 Å². The van der Waals surface area contributed by atoms with Gasteiger partial charge in [-0.3, -0.25) is 4.98 Å². The van der Waals surface area contributed by atoms with E-state index in [0.717, 1.165) is 11.1 Å². The second-order valence-corrected chi connectivity index (χ2v) is 5.79. The first-order valence-electron chi connectivity index (χ1n) is 6.44. The van der Waals surface area contributed by atoms with Crippen LogP contribution in [0.4, 0.5) is 0 Å². The van der Waals surface area contributed by atoms with Gasteiger partial charge in [0.1, 0.15) is 0 Å². The minimum absolute atomic E-state index is 0.111. The van der Waals surface area contributed by atoms with E-state index in [-0.39, 0.29) is 5.41 Å². The summed E-state index contributed by atoms with van der Waals surface area (Å²) in [5, 5.41) is 4.47. The minimum atomic E-state index is 0.111. The monoisotopic (exact) mass is 251 g/mol. The Morgan fingerprint density at radius 1 is 0.947 bits per heavy atom. The van der Waals surface area contributed by atoms with E-state index in [4.69, 9.17) is 0 Å². The molecule has 0 aliphatic carbocycles. The number of nitrogens with zero attached hydrogens (tertiary/aromatic N) is 3. The molecule has 0 aliphatic rings. The fourth-order valence-electron chi connectivity index (χ4n) is 2.28. The van der Waals surface area contributed by atoms with Crippen LogP contribution in [0.15, 0.2) is 49.1 Å². The molecular weight excluding hydrogens is 234 g/mol. The van der Waals surface area contributed by atoms with Crippen molar-refractivity contribution in [3.63, 3.8) is 0 Å². The lowest BCUT2D eigenvalue weighted by Crippen LogP contribution is -2.10. The molecule has 0 aliphatic heterocycles. The Kier molecular flexibility index (Phi) is 2.63. The molecule has 0 fully saturated rings. The molecule has 0 spiro atoms. The van der Waals surface area contributed by atoms with Gasteiger partial charge in [-0.15, -0.1) is 0 Å². The Labute approximate surface area is 112 Å². The van der Waals surface area contributed by atoms with Crippen LogP contribution in [0, 0.1) is 0 Å². The molecule has 19 heavy (non-hydrogen) atoms. The van der Waals surface area contributed by atoms with Gasteiger partial charge in [0.05, 0.1) is 11.7 Å². The first-order chi connectivity index (χ1) is 9.05. The lowest BCUT2D eigenvalue weighted by Gasteiger charge is -2.16. The number of aromatic nitrogens is 3. The van der Waals surface area contributed by atoms with Crippen LogP contribution in [-0.2, 0) is 5.41 Å². The van der Waals surface area contributed by atoms with E-state index in [1.807, 2.05) is 35.2 Å². The first-order valence-corrected chi connectivity index (χ1v) is 6.44. The van der Waals surface area contributed by atoms with Crippen LogP contribution in [0.3, 0.4) is 0 Å². The molecule has 3 aromatic heterocycles. The Bertz CT molecular complexity index is 706. The largest absolute Gasteiger partial charge is 0.265 e. The van der Waals surface area contributed by atoms with Crippen molar-refractivity contribution >= 4 is 5.52 Å². The summed E-state index contributed by atoms with van der Waals surface area (Å²) in [6.07, 6.45) is 7.65. The highest BCUT2D eigenvalue weighted by molar-refractivity contribution is 5.66. The second kappa shape index (κ2) is 4.19. The van der Waals surface area contributed by atoms with Crippen molar-refractivity contribution in [3.8, 4) is 11.1 Å². The summed E-state index contributed by atoms with van der Waals surface area (Å²) in [7, 11) is 0. The Morgan fingerprint density at radius 2 is 1.68 bits per heavy atom. The molecule has 0 amide bonds. The van der Waals surface area contributed by atoms with Crippen LogP contribution >= 0.6 is 0 Å². The quantitative estimate of drug-likeness (QED) is 0.660. The number of hydrogen-bond donors (Lipinski definition) is 0. The van der Waals surface area contributed by atoms with Gasteiger partial charge in [-0.1, -0.05) is 26.8 Å². The molecule has 0 saturated carbocycles. The maximum Gasteiger partial charge on any atom is 0.0699 e. The van der Waals surface area contributed by atoms with Gasteiger partial charge in [-0.05, 0) is 29.2 Å². The molecular formula is C16H17N3. The summed E-state index contributed by atoms with van der Waals surface area (Å²) in [5.74, 6) is 0. The predicted molar refractivity (Wildman–Crippen MR) is 77.1 cm³/mol. The van der Waals surface area contributed by atoms with E-state index in [9.17, 15) is 0 Å². The van der Waals surface area contributed by atoms with Gasteiger partial charge in [0.25, 0.3) is 0 Å². The average Bonchev–Trinajstić information content (AvgIpc) is 2.82. The van der Waals surface area contributed by atoms with Gasteiger partial charge < -0.3 is 0 Å². The standard InChI is InChI=1S/C16H17N3/c1-16(2,3)14-10-18-19-11-13(4-5-15(14)19)12-6-8-17-9-7-12/h4-11H,1-3H3. The lowest BCUT2D eigenvalue weighted by molar-refractivity contribution is 0.595. The van der Waals surface area contributed by atoms with Crippen molar-refractivity contribution in [1.29, 1.82) is 0 Å². The highest BCUT2D eigenvalue weighted by Gasteiger charge is 2.18. The third-order valence-electron chi connectivity index (χ3n) is 3.34. The van der Waals surface area contributed by atoms with Gasteiger partial charge in [-0.2, -0.15) is 5.10 Å². The molecule has 0 saturated heterocycles. The lowest BCUT2D eigenvalue weighted by atomic mass is 9.88. The average molecular weight is 251 g/mol. The normalized spacial score (nSPS) is 11.9. The summed E-state index contributed by atoms with van der Waals surface area (Å²) in [4.78, 5) is 4.05. The van der Waals surface area contributed by atoms with Crippen molar-refractivity contribution in [3.05, 3.63) is 54.6 Å². The van der Waals surface area contributed by atoms with Crippen molar-refractivity contribution in [1.82, 2.24) is 14.6 Å². The SMILES string of the molecule is CC(C)(C)c1cnn2cc(-c3ccncc3)ccc12. The van der Waals surface area contributed by atoms with E-state index in [1.165, 1.54) is 11.1 Å². The second-order valence-electron chi connectivity index (χ2n) is 5.79. The number of pyridine rings is 2. The van der Waals surface area contributed by atoms with Gasteiger partial charge in [0.15, 0.2) is 0 Å². The predicted octanol–water partition coefficient (Wildman–Crippen LogP) is 3.69. The van der Waals surface area contributed by atoms with Gasteiger partial charge >= 0.3 is 0 Å². The van der Waals surface area contributed by atoms with Crippen LogP contribution in [0.2, 0.25) is 0 Å². The van der Waals surface area contributed by atoms with E-state index in [0.29, 0.717) is 0 Å². The molecule has 3 rings (SSSR count). The van der Waals surface area contributed by atoms with Crippen LogP contribution in [0.5, 0.6) is 0 Å². The molecule has 96 valence electrons. The third kappa shape index (κ3) is 2.12. The highest BCUT2D eigenvalue weighted by atomic mass is 15.2. The van der Waals surface area contributed by atoms with Gasteiger partial charge in [0.2, 0.25) is 0 Å². The van der Waals surface area contributed by atoms with Crippen LogP contribution < -0.4 is 0 Å². The number of rotatable bonds is 1. The first kappa shape index (κ1) is 11.9. The summed E-state index contributed by atoms with van der Waals surface area (Å²) in [6.45, 7) is 6.63. The molecule has 3 aromatic rings. The molecule has 0 atom stereocenters. The minimum Gasteiger partial charge on any atom is -0.265 e. The van der Waals surface area contributed by atoms with E-state index in [1.54, 1.807) is 0 Å². The Balaban J connectivity index is 2.14. The summed E-state index contributed by atoms with van der Waals surface area (Å²) >= 11 is 0. The fourth-order valence-corrected chi connectivity index (χ4v) is 2.28. The molecule has 0 N–H and O–H groups in total. The third-order valence-corrected chi connectivity index (χ3v) is 3.34. The Hall–Kier alpha value is -2.16. The zero-order valence-corrected chi connectivity index (χ0v) is 11.5. The summed E-state index contributed by atoms with van der Waals surface area (Å²) in [5.41, 5.74) is 4.86. The Morgan fingerprint density at radius 3 is 2.37 bits per heavy atom. The van der Waals surface area contributed by atoms with Crippen molar-refractivity contribution < 1.29 is 0 Å². The molecule has 0 bridgehead atoms. The van der Waals surface area contributed by atoms with E-state index < -0.39 is 0 Å². The van der Waals surface area contributed by atoms with Crippen molar-refractivity contribution in [2.75, 3.05) is 0 Å². The zero-order valence-electron chi connectivity index (χ0n) is 11.5. The van der Waals surface area contributed by atoms with E-state index in [2.05, 4.69) is 49.2 Å². The molecule has 3 heteroatoms. The summed E-state index contributed by atoms with van der Waals surface area (Å²) in [6, 6.07) is 8.30. The maximum atomic E-state index is 4.47. The zero-order chi connectivity index (χ0) is 13.5. The maximum absolute atomic E-state index is 4.47. The van der Waals surface area contributed by atoms with Gasteiger partial charge in [0, 0.05) is 29.7 Å². The molecule has 0 radical (unpaired) electrons. The van der Waals surface area contributed by atoms with Crippen molar-refractivity contribution in [2.24, 2.45) is 0 Å². The molecule has 3 heterocycles. The molecule has 0 aromatic carbocycles. The van der Waals surface area contributed by atoms with Crippen LogP contribution in [-0.4, -0.2) is 14.6 Å². The fraction of sp³-hybridized carbons (Fsp3) is 0.250. The number of hydrogen-bond acceptors (Lipinski definition) is 2. The molecule has 0 unspecified atom stereocenters. The topological polar surface area (TPSA) is 30.2 Å². The smallest absolute Gasteiger partial charge is 0.0699 e. The number of fused-ring (bicyclic) bond motifs is 1. The van der Waals surface area contributed by atoms with E-state index >= 15 is 0 Å². The van der Waals surface area contributed by atoms with Crippen LogP contribution in [0.25, 0.3) is 16.6 Å². The van der Waals surface area contributed by atoms with Gasteiger partial charge in [-0.25, -0.2) is 4.52 Å².